The molecule has 0 amide bonds. The quantitative estimate of drug-likeness (QED) is 0.318. The maximum absolute atomic E-state index is 14.2. The van der Waals surface area contributed by atoms with Gasteiger partial charge in [-0.05, 0) is 60.5 Å². The molecule has 1 aliphatic rings. The molecular weight excluding hydrogens is 524 g/mol. The highest BCUT2D eigenvalue weighted by molar-refractivity contribution is 7.89. The van der Waals surface area contributed by atoms with Crippen LogP contribution in [0.3, 0.4) is 0 Å². The van der Waals surface area contributed by atoms with Crippen molar-refractivity contribution in [2.45, 2.75) is 42.5 Å². The summed E-state index contributed by atoms with van der Waals surface area (Å²) in [5.41, 5.74) is -0.735. The van der Waals surface area contributed by atoms with Crippen LogP contribution in [-0.4, -0.2) is 47.2 Å². The molecule has 1 fully saturated rings. The van der Waals surface area contributed by atoms with E-state index in [-0.39, 0.29) is 41.0 Å². The summed E-state index contributed by atoms with van der Waals surface area (Å²) in [6.07, 6.45) is -6.00. The van der Waals surface area contributed by atoms with Crippen molar-refractivity contribution in [2.75, 3.05) is 6.54 Å². The Bertz CT molecular complexity index is 1400. The summed E-state index contributed by atoms with van der Waals surface area (Å²) in [6.45, 7) is -0.537. The summed E-state index contributed by atoms with van der Waals surface area (Å²) in [5.74, 6) is -2.20. The fourth-order valence-corrected chi connectivity index (χ4v) is 5.69. The van der Waals surface area contributed by atoms with E-state index >= 15 is 0 Å². The molecule has 6 nitrogen and oxygen atoms in total. The van der Waals surface area contributed by atoms with Gasteiger partial charge in [0, 0.05) is 31.1 Å². The van der Waals surface area contributed by atoms with E-state index in [0.29, 0.717) is 0 Å². The molecule has 0 unspecified atom stereocenters. The van der Waals surface area contributed by atoms with Crippen LogP contribution < -0.4 is 0 Å². The smallest absolute Gasteiger partial charge is 0.298 e. The molecule has 1 saturated heterocycles. The lowest BCUT2D eigenvalue weighted by Crippen LogP contribution is -2.40. The number of Topliss-reactive ketones (excluding diaryl/α,β-unsaturated/α-hetero) is 1. The first-order valence-corrected chi connectivity index (χ1v) is 12.4. The van der Waals surface area contributed by atoms with Crippen molar-refractivity contribution in [3.05, 3.63) is 77.8 Å². The molecule has 1 aromatic carbocycles. The molecule has 4 rings (SSSR count). The van der Waals surface area contributed by atoms with Gasteiger partial charge in [0.2, 0.25) is 16.0 Å². The lowest BCUT2D eigenvalue weighted by Gasteiger charge is -2.22. The second-order valence-electron chi connectivity index (χ2n) is 8.46. The molecule has 2 atom stereocenters. The van der Waals surface area contributed by atoms with Gasteiger partial charge in [-0.15, -0.1) is 0 Å². The Kier molecular flexibility index (Phi) is 7.38. The zero-order valence-corrected chi connectivity index (χ0v) is 19.7. The molecule has 1 aliphatic heterocycles. The number of hydrogen-bond acceptors (Lipinski definition) is 5. The summed E-state index contributed by atoms with van der Waals surface area (Å²) in [4.78, 5) is 19.6. The highest BCUT2D eigenvalue weighted by atomic mass is 32.2. The van der Waals surface area contributed by atoms with Gasteiger partial charge in [-0.2, -0.15) is 21.9 Å². The number of alkyl halides is 4. The number of halogens is 6. The number of benzene rings is 1. The minimum atomic E-state index is -4.64. The van der Waals surface area contributed by atoms with Crippen LogP contribution in [0.25, 0.3) is 11.3 Å². The van der Waals surface area contributed by atoms with Crippen LogP contribution in [0.1, 0.15) is 24.1 Å². The SMILES string of the molecule is O=C(CCc1cc(F)nc(-c2ccc(C(F)(F)F)nc2)c1)[C@@H]1C[C@@H](F)CN1S(=O)(=O)c1ccc(F)cc1. The monoisotopic (exact) mass is 543 g/mol. The summed E-state index contributed by atoms with van der Waals surface area (Å²) in [7, 11) is -4.28. The molecule has 3 heterocycles. The van der Waals surface area contributed by atoms with Gasteiger partial charge in [-0.1, -0.05) is 0 Å². The van der Waals surface area contributed by atoms with Gasteiger partial charge in [0.05, 0.1) is 16.6 Å². The van der Waals surface area contributed by atoms with Gasteiger partial charge < -0.3 is 0 Å². The van der Waals surface area contributed by atoms with E-state index in [9.17, 15) is 39.6 Å². The van der Waals surface area contributed by atoms with Crippen LogP contribution in [-0.2, 0) is 27.4 Å². The highest BCUT2D eigenvalue weighted by Crippen LogP contribution is 2.31. The summed E-state index contributed by atoms with van der Waals surface area (Å²) < 4.78 is 106. The summed E-state index contributed by atoms with van der Waals surface area (Å²) >= 11 is 0. The largest absolute Gasteiger partial charge is 0.433 e. The van der Waals surface area contributed by atoms with Crippen LogP contribution in [0.15, 0.2) is 59.6 Å². The molecule has 0 radical (unpaired) electrons. The molecule has 2 aromatic heterocycles. The van der Waals surface area contributed by atoms with Crippen LogP contribution >= 0.6 is 0 Å². The summed E-state index contributed by atoms with van der Waals surface area (Å²) in [5, 5.41) is 0. The lowest BCUT2D eigenvalue weighted by molar-refractivity contribution is -0.141. The van der Waals surface area contributed by atoms with Crippen LogP contribution in [0, 0.1) is 11.8 Å². The van der Waals surface area contributed by atoms with Gasteiger partial charge in [-0.3, -0.25) is 9.78 Å². The molecule has 13 heteroatoms. The van der Waals surface area contributed by atoms with Crippen molar-refractivity contribution in [3.63, 3.8) is 0 Å². The first kappa shape index (κ1) is 26.7. The fourth-order valence-electron chi connectivity index (χ4n) is 4.05. The Balaban J connectivity index is 1.50. The van der Waals surface area contributed by atoms with E-state index in [2.05, 4.69) is 9.97 Å². The second kappa shape index (κ2) is 10.2. The average Bonchev–Trinajstić information content (AvgIpc) is 3.25. The topological polar surface area (TPSA) is 80.2 Å². The minimum absolute atomic E-state index is 0.00567. The first-order valence-electron chi connectivity index (χ1n) is 11.0. The molecule has 0 N–H and O–H groups in total. The molecule has 37 heavy (non-hydrogen) atoms. The number of aromatic nitrogens is 2. The Hall–Kier alpha value is -3.32. The van der Waals surface area contributed by atoms with E-state index in [1.165, 1.54) is 6.07 Å². The van der Waals surface area contributed by atoms with E-state index in [0.717, 1.165) is 53.0 Å². The van der Waals surface area contributed by atoms with Crippen molar-refractivity contribution >= 4 is 15.8 Å². The number of aryl methyl sites for hydroxylation is 1. The Labute approximate surface area is 208 Å². The maximum atomic E-state index is 14.2. The number of carbonyl (C=O) groups excluding carboxylic acids is 1. The highest BCUT2D eigenvalue weighted by Gasteiger charge is 2.43. The number of rotatable bonds is 7. The zero-order chi connectivity index (χ0) is 27.0. The number of sulfonamides is 1. The molecule has 196 valence electrons. The second-order valence-corrected chi connectivity index (χ2v) is 10.3. The molecule has 3 aromatic rings. The predicted molar refractivity (Wildman–Crippen MR) is 119 cm³/mol. The number of ketones is 1. The van der Waals surface area contributed by atoms with Gasteiger partial charge in [0.1, 0.15) is 17.7 Å². The summed E-state index contributed by atoms with van der Waals surface area (Å²) in [6, 6.07) is 6.86. The molecule has 0 saturated carbocycles. The minimum Gasteiger partial charge on any atom is -0.298 e. The number of pyridine rings is 2. The Morgan fingerprint density at radius 1 is 1.05 bits per heavy atom. The van der Waals surface area contributed by atoms with E-state index in [4.69, 9.17) is 0 Å². The molecular formula is C24H19F6N3O3S. The molecule has 0 spiro atoms. The normalized spacial score (nSPS) is 18.8. The van der Waals surface area contributed by atoms with E-state index < -0.39 is 58.2 Å². The van der Waals surface area contributed by atoms with E-state index in [1.54, 1.807) is 0 Å². The third-order valence-electron chi connectivity index (χ3n) is 5.86. The van der Waals surface area contributed by atoms with Gasteiger partial charge in [0.25, 0.3) is 0 Å². The van der Waals surface area contributed by atoms with Gasteiger partial charge in [0.15, 0.2) is 5.78 Å². The predicted octanol–water partition coefficient (Wildman–Crippen LogP) is 4.74. The average molecular weight is 543 g/mol. The number of nitrogens with zero attached hydrogens (tertiary/aromatic N) is 3. The lowest BCUT2D eigenvalue weighted by atomic mass is 10.0. The standard InChI is InChI=1S/C24H19F6N3O3S/c25-16-3-5-18(6-4-16)37(35,36)33-13-17(26)11-20(33)21(34)7-1-14-9-19(32-23(27)10-14)15-2-8-22(31-12-15)24(28,29)30/h2-6,8-10,12,17,20H,1,7,11,13H2/t17-,20+/m1/s1. The van der Waals surface area contributed by atoms with Gasteiger partial charge in [-0.25, -0.2) is 22.2 Å². The van der Waals surface area contributed by atoms with E-state index in [1.807, 2.05) is 0 Å². The van der Waals surface area contributed by atoms with Gasteiger partial charge >= 0.3 is 6.18 Å². The van der Waals surface area contributed by atoms with Crippen molar-refractivity contribution in [1.29, 1.82) is 0 Å². The fraction of sp³-hybridized carbons (Fsp3) is 0.292. The molecule has 0 aliphatic carbocycles. The van der Waals surface area contributed by atoms with Crippen molar-refractivity contribution in [2.24, 2.45) is 0 Å². The van der Waals surface area contributed by atoms with Crippen LogP contribution in [0.2, 0.25) is 0 Å². The van der Waals surface area contributed by atoms with Crippen molar-refractivity contribution < 1.29 is 39.6 Å². The third-order valence-corrected chi connectivity index (χ3v) is 7.75. The van der Waals surface area contributed by atoms with Crippen LogP contribution in [0.5, 0.6) is 0 Å². The van der Waals surface area contributed by atoms with Crippen molar-refractivity contribution in [3.8, 4) is 11.3 Å². The third kappa shape index (κ3) is 5.99. The first-order chi connectivity index (χ1) is 17.3. The Morgan fingerprint density at radius 2 is 1.76 bits per heavy atom. The zero-order valence-electron chi connectivity index (χ0n) is 18.9. The maximum Gasteiger partial charge on any atom is 0.433 e. The molecule has 0 bridgehead atoms. The Morgan fingerprint density at radius 3 is 2.38 bits per heavy atom. The van der Waals surface area contributed by atoms with Crippen LogP contribution in [0.4, 0.5) is 26.3 Å². The number of hydrogen-bond donors (Lipinski definition) is 0. The number of carbonyl (C=O) groups is 1. The van der Waals surface area contributed by atoms with Crippen molar-refractivity contribution in [1.82, 2.24) is 14.3 Å².